The fourth-order valence-corrected chi connectivity index (χ4v) is 3.28. The van der Waals surface area contributed by atoms with E-state index in [1.54, 1.807) is 24.0 Å². The molecule has 1 fully saturated rings. The Labute approximate surface area is 150 Å². The zero-order chi connectivity index (χ0) is 18.1. The predicted octanol–water partition coefficient (Wildman–Crippen LogP) is 4.16. The van der Waals surface area contributed by atoms with Gasteiger partial charge in [0.1, 0.15) is 11.6 Å². The Kier molecular flexibility index (Phi) is 5.06. The van der Waals surface area contributed by atoms with Crippen molar-refractivity contribution in [2.75, 3.05) is 18.0 Å². The summed E-state index contributed by atoms with van der Waals surface area (Å²) in [6.07, 6.45) is 0. The van der Waals surface area contributed by atoms with Gasteiger partial charge in [-0.2, -0.15) is 0 Å². The van der Waals surface area contributed by atoms with Gasteiger partial charge < -0.3 is 4.90 Å². The summed E-state index contributed by atoms with van der Waals surface area (Å²) >= 11 is 6.07. The molecular formula is C19H19ClF2N2O. The van der Waals surface area contributed by atoms with Crippen LogP contribution in [-0.2, 0) is 11.3 Å². The van der Waals surface area contributed by atoms with Crippen molar-refractivity contribution in [3.8, 4) is 0 Å². The first kappa shape index (κ1) is 17.8. The van der Waals surface area contributed by atoms with Crippen molar-refractivity contribution in [2.24, 2.45) is 0 Å². The summed E-state index contributed by atoms with van der Waals surface area (Å²) in [5.41, 5.74) is 2.16. The minimum Gasteiger partial charge on any atom is -0.309 e. The van der Waals surface area contributed by atoms with Gasteiger partial charge in [0.05, 0.1) is 6.04 Å². The molecule has 2 aromatic carbocycles. The first-order chi connectivity index (χ1) is 11.9. The van der Waals surface area contributed by atoms with Crippen LogP contribution < -0.4 is 4.90 Å². The summed E-state index contributed by atoms with van der Waals surface area (Å²) in [5.74, 6) is -1.25. The van der Waals surface area contributed by atoms with Gasteiger partial charge in [-0.1, -0.05) is 23.7 Å². The average molecular weight is 365 g/mol. The third-order valence-electron chi connectivity index (χ3n) is 4.63. The lowest BCUT2D eigenvalue weighted by atomic mass is 10.1. The van der Waals surface area contributed by atoms with E-state index in [9.17, 15) is 13.6 Å². The topological polar surface area (TPSA) is 23.6 Å². The Morgan fingerprint density at radius 2 is 1.92 bits per heavy atom. The van der Waals surface area contributed by atoms with Crippen LogP contribution in [0.2, 0.25) is 5.02 Å². The van der Waals surface area contributed by atoms with Gasteiger partial charge >= 0.3 is 0 Å². The van der Waals surface area contributed by atoms with Crippen molar-refractivity contribution in [1.82, 2.24) is 4.90 Å². The second-order valence-corrected chi connectivity index (χ2v) is 6.74. The monoisotopic (exact) mass is 364 g/mol. The van der Waals surface area contributed by atoms with Crippen molar-refractivity contribution in [3.05, 3.63) is 64.2 Å². The van der Waals surface area contributed by atoms with E-state index in [2.05, 4.69) is 0 Å². The van der Waals surface area contributed by atoms with Crippen molar-refractivity contribution in [3.63, 3.8) is 0 Å². The van der Waals surface area contributed by atoms with Crippen LogP contribution >= 0.6 is 11.6 Å². The number of piperazine rings is 1. The van der Waals surface area contributed by atoms with Crippen LogP contribution in [0.5, 0.6) is 0 Å². The van der Waals surface area contributed by atoms with Gasteiger partial charge in [0, 0.05) is 42.0 Å². The van der Waals surface area contributed by atoms with Crippen molar-refractivity contribution in [1.29, 1.82) is 0 Å². The lowest BCUT2D eigenvalue weighted by Gasteiger charge is -2.39. The maximum atomic E-state index is 13.9. The van der Waals surface area contributed by atoms with Crippen LogP contribution in [-0.4, -0.2) is 29.9 Å². The minimum absolute atomic E-state index is 0.0564. The van der Waals surface area contributed by atoms with E-state index in [0.29, 0.717) is 23.7 Å². The molecule has 3 rings (SSSR count). The molecule has 1 saturated heterocycles. The molecule has 1 amide bonds. The molecule has 3 nitrogen and oxygen atoms in total. The third kappa shape index (κ3) is 3.67. The highest BCUT2D eigenvalue weighted by Gasteiger charge is 2.33. The maximum absolute atomic E-state index is 13.9. The molecular weight excluding hydrogens is 346 g/mol. The van der Waals surface area contributed by atoms with E-state index in [0.717, 1.165) is 17.3 Å². The van der Waals surface area contributed by atoms with Crippen molar-refractivity contribution >= 4 is 23.2 Å². The summed E-state index contributed by atoms with van der Waals surface area (Å²) in [6.45, 7) is 5.09. The second-order valence-electron chi connectivity index (χ2n) is 6.30. The van der Waals surface area contributed by atoms with Gasteiger partial charge in [-0.25, -0.2) is 8.78 Å². The summed E-state index contributed by atoms with van der Waals surface area (Å²) in [4.78, 5) is 16.4. The number of carbonyl (C=O) groups is 1. The largest absolute Gasteiger partial charge is 0.309 e. The lowest BCUT2D eigenvalue weighted by molar-refractivity contribution is -0.125. The summed E-state index contributed by atoms with van der Waals surface area (Å²) in [7, 11) is 0. The molecule has 2 aromatic rings. The molecule has 1 aliphatic rings. The molecule has 25 heavy (non-hydrogen) atoms. The van der Waals surface area contributed by atoms with E-state index in [4.69, 9.17) is 11.6 Å². The van der Waals surface area contributed by atoms with E-state index in [1.807, 2.05) is 17.9 Å². The summed E-state index contributed by atoms with van der Waals surface area (Å²) in [6, 6.07) is 8.59. The van der Waals surface area contributed by atoms with E-state index < -0.39 is 17.7 Å². The molecule has 0 radical (unpaired) electrons. The van der Waals surface area contributed by atoms with Crippen LogP contribution in [0.3, 0.4) is 0 Å². The SMILES string of the molecule is Cc1ccc(Cl)cc1N1CCN(Cc2ccc(F)cc2F)C(C)C1=O. The maximum Gasteiger partial charge on any atom is 0.244 e. The van der Waals surface area contributed by atoms with Gasteiger partial charge in [0.25, 0.3) is 0 Å². The quantitative estimate of drug-likeness (QED) is 0.816. The number of aryl methyl sites for hydroxylation is 1. The fourth-order valence-electron chi connectivity index (χ4n) is 3.11. The number of anilines is 1. The number of amides is 1. The van der Waals surface area contributed by atoms with Crippen LogP contribution in [0.25, 0.3) is 0 Å². The van der Waals surface area contributed by atoms with E-state index >= 15 is 0 Å². The number of hydrogen-bond acceptors (Lipinski definition) is 2. The van der Waals surface area contributed by atoms with Crippen LogP contribution in [0.15, 0.2) is 36.4 Å². The molecule has 1 atom stereocenters. The van der Waals surface area contributed by atoms with Crippen LogP contribution in [0.4, 0.5) is 14.5 Å². The molecule has 132 valence electrons. The predicted molar refractivity (Wildman–Crippen MR) is 94.8 cm³/mol. The Morgan fingerprint density at radius 3 is 2.64 bits per heavy atom. The summed E-state index contributed by atoms with van der Waals surface area (Å²) in [5, 5.41) is 0.580. The Balaban J connectivity index is 1.78. The van der Waals surface area contributed by atoms with Crippen molar-refractivity contribution in [2.45, 2.75) is 26.4 Å². The van der Waals surface area contributed by atoms with Crippen LogP contribution in [0.1, 0.15) is 18.1 Å². The summed E-state index contributed by atoms with van der Waals surface area (Å²) < 4.78 is 26.9. The molecule has 1 heterocycles. The Hall–Kier alpha value is -1.98. The molecule has 0 aromatic heterocycles. The zero-order valence-electron chi connectivity index (χ0n) is 14.1. The molecule has 6 heteroatoms. The smallest absolute Gasteiger partial charge is 0.244 e. The number of hydrogen-bond donors (Lipinski definition) is 0. The molecule has 0 spiro atoms. The van der Waals surface area contributed by atoms with Crippen molar-refractivity contribution < 1.29 is 13.6 Å². The number of nitrogens with zero attached hydrogens (tertiary/aromatic N) is 2. The number of halogens is 3. The molecule has 0 bridgehead atoms. The molecule has 1 unspecified atom stereocenters. The Bertz CT molecular complexity index is 812. The highest BCUT2D eigenvalue weighted by molar-refractivity contribution is 6.31. The van der Waals surface area contributed by atoms with Gasteiger partial charge in [-0.3, -0.25) is 9.69 Å². The average Bonchev–Trinajstić information content (AvgIpc) is 2.57. The second kappa shape index (κ2) is 7.10. The van der Waals surface area contributed by atoms with Gasteiger partial charge in [-0.15, -0.1) is 0 Å². The van der Waals surface area contributed by atoms with Gasteiger partial charge in [-0.05, 0) is 37.6 Å². The lowest BCUT2D eigenvalue weighted by Crippen LogP contribution is -2.55. The van der Waals surface area contributed by atoms with Gasteiger partial charge in [0.2, 0.25) is 5.91 Å². The first-order valence-electron chi connectivity index (χ1n) is 8.12. The van der Waals surface area contributed by atoms with E-state index in [-0.39, 0.29) is 12.5 Å². The zero-order valence-corrected chi connectivity index (χ0v) is 14.9. The number of benzene rings is 2. The normalized spacial score (nSPS) is 18.7. The minimum atomic E-state index is -0.605. The molecule has 1 aliphatic heterocycles. The highest BCUT2D eigenvalue weighted by atomic mass is 35.5. The molecule has 0 N–H and O–H groups in total. The van der Waals surface area contributed by atoms with Gasteiger partial charge in [0.15, 0.2) is 0 Å². The number of carbonyl (C=O) groups excluding carboxylic acids is 1. The number of rotatable bonds is 3. The first-order valence-corrected chi connectivity index (χ1v) is 8.50. The Morgan fingerprint density at radius 1 is 1.16 bits per heavy atom. The third-order valence-corrected chi connectivity index (χ3v) is 4.87. The highest BCUT2D eigenvalue weighted by Crippen LogP contribution is 2.28. The van der Waals surface area contributed by atoms with E-state index in [1.165, 1.54) is 12.1 Å². The van der Waals surface area contributed by atoms with Crippen LogP contribution in [0, 0.1) is 18.6 Å². The standard InChI is InChI=1S/C19H19ClF2N2O/c1-12-3-5-15(20)9-18(12)24-8-7-23(13(2)19(24)25)11-14-4-6-16(21)10-17(14)22/h3-6,9-10,13H,7-8,11H2,1-2H3. The fraction of sp³-hybridized carbons (Fsp3) is 0.316. The molecule has 0 saturated carbocycles. The molecule has 0 aliphatic carbocycles.